The Morgan fingerprint density at radius 2 is 2.18 bits per heavy atom. The molecule has 0 radical (unpaired) electrons. The minimum absolute atomic E-state index is 0.258. The lowest BCUT2D eigenvalue weighted by atomic mass is 9.99. The molecule has 0 aromatic heterocycles. The van der Waals surface area contributed by atoms with Crippen molar-refractivity contribution in [2.24, 2.45) is 5.73 Å². The predicted molar refractivity (Wildman–Crippen MR) is 68.8 cm³/mol. The zero-order chi connectivity index (χ0) is 12.9. The quantitative estimate of drug-likeness (QED) is 0.723. The molecule has 1 aliphatic heterocycles. The number of nitrogens with two attached hydrogens (primary N) is 1. The third kappa shape index (κ3) is 5.33. The van der Waals surface area contributed by atoms with E-state index in [0.29, 0.717) is 25.1 Å². The van der Waals surface area contributed by atoms with Crippen LogP contribution in [0, 0.1) is 0 Å². The first kappa shape index (κ1) is 14.9. The topological polar surface area (TPSA) is 72.6 Å². The normalized spacial score (nSPS) is 27.2. The van der Waals surface area contributed by atoms with Crippen LogP contribution in [0.4, 0.5) is 0 Å². The molecular weight excluding hydrogens is 240 g/mol. The van der Waals surface area contributed by atoms with Crippen LogP contribution in [0.25, 0.3) is 0 Å². The molecule has 102 valence electrons. The van der Waals surface area contributed by atoms with E-state index in [1.54, 1.807) is 7.11 Å². The van der Waals surface area contributed by atoms with Gasteiger partial charge >= 0.3 is 0 Å². The van der Waals surface area contributed by atoms with Crippen LogP contribution in [-0.4, -0.2) is 64.2 Å². The van der Waals surface area contributed by atoms with Crippen LogP contribution < -0.4 is 5.73 Å². The van der Waals surface area contributed by atoms with Crippen molar-refractivity contribution >= 4 is 9.84 Å². The van der Waals surface area contributed by atoms with Gasteiger partial charge in [-0.15, -0.1) is 0 Å². The number of piperidine rings is 1. The van der Waals surface area contributed by atoms with E-state index in [-0.39, 0.29) is 5.75 Å². The molecular formula is C11H24N2O3S. The number of hydrogen-bond donors (Lipinski definition) is 1. The molecule has 0 saturated carbocycles. The second kappa shape index (κ2) is 6.68. The zero-order valence-electron chi connectivity index (χ0n) is 10.8. The van der Waals surface area contributed by atoms with Gasteiger partial charge in [-0.25, -0.2) is 8.42 Å². The Morgan fingerprint density at radius 1 is 1.47 bits per heavy atom. The van der Waals surface area contributed by atoms with Gasteiger partial charge in [-0.3, -0.25) is 4.90 Å². The number of nitrogens with zero attached hydrogens (tertiary/aromatic N) is 1. The van der Waals surface area contributed by atoms with Crippen LogP contribution in [0.2, 0.25) is 0 Å². The van der Waals surface area contributed by atoms with Gasteiger partial charge in [-0.2, -0.15) is 0 Å². The average molecular weight is 264 g/mol. The summed E-state index contributed by atoms with van der Waals surface area (Å²) in [5.74, 6) is 0.258. The predicted octanol–water partition coefficient (Wildman–Crippen LogP) is -0.141. The highest BCUT2D eigenvalue weighted by atomic mass is 32.2. The van der Waals surface area contributed by atoms with Crippen molar-refractivity contribution in [2.45, 2.75) is 31.4 Å². The Bertz CT molecular complexity index is 319. The number of methoxy groups -OCH3 is 1. The largest absolute Gasteiger partial charge is 0.381 e. The van der Waals surface area contributed by atoms with Crippen LogP contribution in [0.3, 0.4) is 0 Å². The summed E-state index contributed by atoms with van der Waals surface area (Å²) >= 11 is 0. The molecule has 0 aromatic rings. The van der Waals surface area contributed by atoms with Gasteiger partial charge in [0.15, 0.2) is 0 Å². The molecule has 0 spiro atoms. The first-order chi connectivity index (χ1) is 7.96. The molecule has 2 unspecified atom stereocenters. The van der Waals surface area contributed by atoms with Crippen LogP contribution in [0.1, 0.15) is 19.3 Å². The fourth-order valence-corrected chi connectivity index (χ4v) is 3.00. The molecule has 6 heteroatoms. The SMILES string of the molecule is COC1CCN(CCCS(C)(=O)=O)C(CN)C1. The minimum Gasteiger partial charge on any atom is -0.381 e. The first-order valence-corrected chi connectivity index (χ1v) is 8.17. The second-order valence-corrected chi connectivity index (χ2v) is 7.05. The minimum atomic E-state index is -2.85. The van der Waals surface area contributed by atoms with Gasteiger partial charge in [0.1, 0.15) is 9.84 Å². The van der Waals surface area contributed by atoms with E-state index in [1.165, 1.54) is 6.26 Å². The molecule has 0 aromatic carbocycles. The Hall–Kier alpha value is -0.170. The maximum Gasteiger partial charge on any atom is 0.147 e. The van der Waals surface area contributed by atoms with E-state index in [4.69, 9.17) is 10.5 Å². The molecule has 1 rings (SSSR count). The Morgan fingerprint density at radius 3 is 2.71 bits per heavy atom. The highest BCUT2D eigenvalue weighted by molar-refractivity contribution is 7.90. The van der Waals surface area contributed by atoms with Crippen molar-refractivity contribution in [2.75, 3.05) is 38.8 Å². The van der Waals surface area contributed by atoms with Crippen LogP contribution in [0.5, 0.6) is 0 Å². The first-order valence-electron chi connectivity index (χ1n) is 6.11. The van der Waals surface area contributed by atoms with Crippen molar-refractivity contribution in [1.82, 2.24) is 4.90 Å². The summed E-state index contributed by atoms with van der Waals surface area (Å²) in [6.45, 7) is 2.37. The second-order valence-electron chi connectivity index (χ2n) is 4.79. The van der Waals surface area contributed by atoms with Gasteiger partial charge in [0.25, 0.3) is 0 Å². The van der Waals surface area contributed by atoms with E-state index < -0.39 is 9.84 Å². The fourth-order valence-electron chi connectivity index (χ4n) is 2.35. The molecule has 1 saturated heterocycles. The van der Waals surface area contributed by atoms with Crippen LogP contribution in [0.15, 0.2) is 0 Å². The molecule has 2 atom stereocenters. The number of likely N-dealkylation sites (tertiary alicyclic amines) is 1. The summed E-state index contributed by atoms with van der Waals surface area (Å²) in [6.07, 6.45) is 4.23. The molecule has 1 aliphatic rings. The molecule has 0 bridgehead atoms. The molecule has 1 heterocycles. The number of rotatable bonds is 6. The summed E-state index contributed by atoms with van der Waals surface area (Å²) < 4.78 is 27.5. The van der Waals surface area contributed by atoms with E-state index in [9.17, 15) is 8.42 Å². The van der Waals surface area contributed by atoms with Gasteiger partial charge in [0, 0.05) is 32.5 Å². The zero-order valence-corrected chi connectivity index (χ0v) is 11.6. The summed E-state index contributed by atoms with van der Waals surface area (Å²) in [6, 6.07) is 0.327. The van der Waals surface area contributed by atoms with Gasteiger partial charge in [-0.05, 0) is 25.8 Å². The molecule has 17 heavy (non-hydrogen) atoms. The van der Waals surface area contributed by atoms with Crippen LogP contribution >= 0.6 is 0 Å². The van der Waals surface area contributed by atoms with Crippen molar-refractivity contribution in [3.05, 3.63) is 0 Å². The van der Waals surface area contributed by atoms with Crippen molar-refractivity contribution in [3.8, 4) is 0 Å². The number of sulfone groups is 1. The van der Waals surface area contributed by atoms with E-state index in [1.807, 2.05) is 0 Å². The van der Waals surface area contributed by atoms with Crippen molar-refractivity contribution in [3.63, 3.8) is 0 Å². The van der Waals surface area contributed by atoms with E-state index in [0.717, 1.165) is 25.9 Å². The maximum absolute atomic E-state index is 11.1. The van der Waals surface area contributed by atoms with Crippen molar-refractivity contribution < 1.29 is 13.2 Å². The van der Waals surface area contributed by atoms with Gasteiger partial charge in [0.05, 0.1) is 11.9 Å². The maximum atomic E-state index is 11.1. The van der Waals surface area contributed by atoms with Gasteiger partial charge in [-0.1, -0.05) is 0 Å². The Labute approximate surface area is 104 Å². The molecule has 5 nitrogen and oxygen atoms in total. The highest BCUT2D eigenvalue weighted by Crippen LogP contribution is 2.19. The molecule has 2 N–H and O–H groups in total. The summed E-state index contributed by atoms with van der Waals surface area (Å²) in [4.78, 5) is 2.29. The lowest BCUT2D eigenvalue weighted by Gasteiger charge is -2.38. The van der Waals surface area contributed by atoms with E-state index in [2.05, 4.69) is 4.90 Å². The number of ether oxygens (including phenoxy) is 1. The lowest BCUT2D eigenvalue weighted by Crippen LogP contribution is -2.48. The lowest BCUT2D eigenvalue weighted by molar-refractivity contribution is 0.0135. The monoisotopic (exact) mass is 264 g/mol. The molecule has 1 fully saturated rings. The highest BCUT2D eigenvalue weighted by Gasteiger charge is 2.27. The fraction of sp³-hybridized carbons (Fsp3) is 1.00. The summed E-state index contributed by atoms with van der Waals surface area (Å²) in [5.41, 5.74) is 5.75. The number of hydrogen-bond acceptors (Lipinski definition) is 5. The standard InChI is InChI=1S/C11H24N2O3S/c1-16-11-4-6-13(10(8-11)9-12)5-3-7-17(2,14)15/h10-11H,3-9,12H2,1-2H3. The third-order valence-corrected chi connectivity index (χ3v) is 4.39. The van der Waals surface area contributed by atoms with Crippen LogP contribution in [-0.2, 0) is 14.6 Å². The van der Waals surface area contributed by atoms with E-state index >= 15 is 0 Å². The van der Waals surface area contributed by atoms with Gasteiger partial charge in [0.2, 0.25) is 0 Å². The molecule has 0 aliphatic carbocycles. The third-order valence-electron chi connectivity index (χ3n) is 3.36. The summed E-state index contributed by atoms with van der Waals surface area (Å²) in [7, 11) is -1.11. The van der Waals surface area contributed by atoms with Gasteiger partial charge < -0.3 is 10.5 Å². The summed E-state index contributed by atoms with van der Waals surface area (Å²) in [5, 5.41) is 0. The smallest absolute Gasteiger partial charge is 0.147 e. The van der Waals surface area contributed by atoms with Crippen molar-refractivity contribution in [1.29, 1.82) is 0 Å². The Balaban J connectivity index is 2.37. The molecule has 0 amide bonds. The average Bonchev–Trinajstić information content (AvgIpc) is 2.27. The Kier molecular flexibility index (Phi) is 5.85.